The molecular weight excluding hydrogens is 507 g/mol. The van der Waals surface area contributed by atoms with Crippen LogP contribution in [-0.4, -0.2) is 75.5 Å². The second kappa shape index (κ2) is 11.6. The predicted octanol–water partition coefficient (Wildman–Crippen LogP) is 2.77. The zero-order valence-corrected chi connectivity index (χ0v) is 20.8. The van der Waals surface area contributed by atoms with Crippen LogP contribution >= 0.6 is 0 Å². The maximum atomic E-state index is 14.0. The zero-order valence-electron chi connectivity index (χ0n) is 20.8. The summed E-state index contributed by atoms with van der Waals surface area (Å²) in [4.78, 5) is 52.1. The molecule has 1 saturated heterocycles. The van der Waals surface area contributed by atoms with Crippen molar-refractivity contribution in [1.29, 1.82) is 0 Å². The number of hydrogen-bond acceptors (Lipinski definition) is 5. The van der Waals surface area contributed by atoms with Crippen molar-refractivity contribution in [2.45, 2.75) is 38.8 Å². The van der Waals surface area contributed by atoms with E-state index in [2.05, 4.69) is 0 Å². The lowest BCUT2D eigenvalue weighted by molar-refractivity contribution is -0.134. The summed E-state index contributed by atoms with van der Waals surface area (Å²) in [5.74, 6) is -7.30. The van der Waals surface area contributed by atoms with E-state index in [1.54, 1.807) is 0 Å². The van der Waals surface area contributed by atoms with E-state index in [0.29, 0.717) is 12.1 Å². The van der Waals surface area contributed by atoms with Crippen LogP contribution in [0.3, 0.4) is 0 Å². The van der Waals surface area contributed by atoms with Crippen molar-refractivity contribution in [2.75, 3.05) is 19.6 Å². The standard InChI is InChI=1S/C26H28F3N3O6/c1-13(2)22-12-31(23(33)10-18(30)8-14-9-20(28)21(29)11-19(14)27)3-4-32(22)24(34)15-5-16(25(35)36)7-17(6-15)26(37)38/h5-7,9,11,13,18,22H,3-4,8,10,12,30H2,1-2H3,(H,35,36)(H,37,38)/t18-,22-/m1/s1. The maximum absolute atomic E-state index is 14.0. The number of nitrogens with zero attached hydrogens (tertiary/aromatic N) is 2. The third-order valence-corrected chi connectivity index (χ3v) is 6.48. The van der Waals surface area contributed by atoms with Crippen molar-refractivity contribution in [3.63, 3.8) is 0 Å². The summed E-state index contributed by atoms with van der Waals surface area (Å²) in [7, 11) is 0. The Morgan fingerprint density at radius 3 is 2.00 bits per heavy atom. The fourth-order valence-electron chi connectivity index (χ4n) is 4.45. The van der Waals surface area contributed by atoms with Gasteiger partial charge < -0.3 is 25.7 Å². The third kappa shape index (κ3) is 6.49. The maximum Gasteiger partial charge on any atom is 0.335 e. The molecule has 204 valence electrons. The number of aromatic carboxylic acids is 2. The van der Waals surface area contributed by atoms with Gasteiger partial charge in [-0.15, -0.1) is 0 Å². The highest BCUT2D eigenvalue weighted by atomic mass is 19.2. The summed E-state index contributed by atoms with van der Waals surface area (Å²) < 4.78 is 40.6. The molecule has 4 N–H and O–H groups in total. The van der Waals surface area contributed by atoms with E-state index in [1.165, 1.54) is 9.80 Å². The minimum absolute atomic E-state index is 0.0942. The highest BCUT2D eigenvalue weighted by molar-refractivity contribution is 6.01. The Bertz CT molecular complexity index is 1240. The minimum Gasteiger partial charge on any atom is -0.478 e. The third-order valence-electron chi connectivity index (χ3n) is 6.48. The van der Waals surface area contributed by atoms with Crippen LogP contribution in [0.15, 0.2) is 30.3 Å². The molecule has 0 radical (unpaired) electrons. The molecular formula is C26H28F3N3O6. The van der Waals surface area contributed by atoms with Crippen molar-refractivity contribution in [1.82, 2.24) is 9.80 Å². The fourth-order valence-corrected chi connectivity index (χ4v) is 4.45. The quantitative estimate of drug-likeness (QED) is 0.442. The molecule has 38 heavy (non-hydrogen) atoms. The van der Waals surface area contributed by atoms with Crippen molar-refractivity contribution in [2.24, 2.45) is 11.7 Å². The van der Waals surface area contributed by atoms with Crippen molar-refractivity contribution in [3.8, 4) is 0 Å². The number of carboxylic acid groups (broad SMARTS) is 2. The SMILES string of the molecule is CC(C)[C@H]1CN(C(=O)C[C@H](N)Cc2cc(F)c(F)cc2F)CCN1C(=O)c1cc(C(=O)O)cc(C(=O)O)c1. The molecule has 1 aliphatic heterocycles. The van der Waals surface area contributed by atoms with Gasteiger partial charge in [0.15, 0.2) is 11.6 Å². The van der Waals surface area contributed by atoms with Gasteiger partial charge in [-0.1, -0.05) is 13.8 Å². The van der Waals surface area contributed by atoms with E-state index in [0.717, 1.165) is 18.2 Å². The second-order valence-corrected chi connectivity index (χ2v) is 9.59. The molecule has 1 fully saturated rings. The molecule has 0 aromatic heterocycles. The molecule has 0 bridgehead atoms. The van der Waals surface area contributed by atoms with Crippen LogP contribution in [0.2, 0.25) is 0 Å². The highest BCUT2D eigenvalue weighted by Gasteiger charge is 2.35. The van der Waals surface area contributed by atoms with Crippen LogP contribution in [-0.2, 0) is 11.2 Å². The molecule has 1 aliphatic rings. The van der Waals surface area contributed by atoms with Gasteiger partial charge in [-0.05, 0) is 42.2 Å². The van der Waals surface area contributed by atoms with Crippen LogP contribution in [0.25, 0.3) is 0 Å². The summed E-state index contributed by atoms with van der Waals surface area (Å²) in [6.45, 7) is 4.04. The fraction of sp³-hybridized carbons (Fsp3) is 0.385. The average Bonchev–Trinajstić information content (AvgIpc) is 2.85. The Kier molecular flexibility index (Phi) is 8.77. The number of rotatable bonds is 8. The summed E-state index contributed by atoms with van der Waals surface area (Å²) in [6.07, 6.45) is -0.382. The van der Waals surface area contributed by atoms with E-state index in [4.69, 9.17) is 5.73 Å². The van der Waals surface area contributed by atoms with Crippen molar-refractivity contribution >= 4 is 23.8 Å². The van der Waals surface area contributed by atoms with Crippen molar-refractivity contribution in [3.05, 3.63) is 70.0 Å². The average molecular weight is 536 g/mol. The molecule has 2 amide bonds. The minimum atomic E-state index is -1.38. The molecule has 0 unspecified atom stereocenters. The summed E-state index contributed by atoms with van der Waals surface area (Å²) >= 11 is 0. The van der Waals surface area contributed by atoms with E-state index >= 15 is 0 Å². The lowest BCUT2D eigenvalue weighted by Gasteiger charge is -2.43. The van der Waals surface area contributed by atoms with Gasteiger partial charge in [0.2, 0.25) is 5.91 Å². The first-order valence-electron chi connectivity index (χ1n) is 11.9. The largest absolute Gasteiger partial charge is 0.478 e. The lowest BCUT2D eigenvalue weighted by atomic mass is 9.96. The molecule has 2 atom stereocenters. The normalized spacial score (nSPS) is 16.4. The first-order valence-corrected chi connectivity index (χ1v) is 11.9. The molecule has 0 saturated carbocycles. The molecule has 2 aromatic carbocycles. The van der Waals surface area contributed by atoms with Gasteiger partial charge in [-0.2, -0.15) is 0 Å². The lowest BCUT2D eigenvalue weighted by Crippen LogP contribution is -2.58. The van der Waals surface area contributed by atoms with E-state index in [1.807, 2.05) is 13.8 Å². The van der Waals surface area contributed by atoms with Gasteiger partial charge >= 0.3 is 11.9 Å². The van der Waals surface area contributed by atoms with Gasteiger partial charge in [-0.25, -0.2) is 22.8 Å². The number of halogens is 3. The summed E-state index contributed by atoms with van der Waals surface area (Å²) in [6, 6.07) is 2.99. The monoisotopic (exact) mass is 535 g/mol. The molecule has 0 spiro atoms. The number of carboxylic acids is 2. The molecule has 0 aliphatic carbocycles. The Labute approximate surface area is 216 Å². The molecule has 1 heterocycles. The number of amides is 2. The van der Waals surface area contributed by atoms with Crippen LogP contribution in [0, 0.1) is 23.4 Å². The van der Waals surface area contributed by atoms with E-state index in [-0.39, 0.29) is 66.6 Å². The van der Waals surface area contributed by atoms with Gasteiger partial charge in [0.1, 0.15) is 5.82 Å². The Morgan fingerprint density at radius 2 is 1.45 bits per heavy atom. The van der Waals surface area contributed by atoms with Crippen LogP contribution < -0.4 is 5.73 Å². The number of nitrogens with two attached hydrogens (primary N) is 1. The number of benzene rings is 2. The Balaban J connectivity index is 1.73. The van der Waals surface area contributed by atoms with Crippen LogP contribution in [0.1, 0.15) is 56.9 Å². The summed E-state index contributed by atoms with van der Waals surface area (Å²) in [5.41, 5.74) is 5.08. The van der Waals surface area contributed by atoms with Gasteiger partial charge in [0.05, 0.1) is 17.2 Å². The first kappa shape index (κ1) is 28.6. The molecule has 9 nitrogen and oxygen atoms in total. The van der Waals surface area contributed by atoms with Crippen LogP contribution in [0.4, 0.5) is 13.2 Å². The van der Waals surface area contributed by atoms with E-state index < -0.39 is 47.4 Å². The Morgan fingerprint density at radius 1 is 0.895 bits per heavy atom. The summed E-state index contributed by atoms with van der Waals surface area (Å²) in [5, 5.41) is 18.6. The van der Waals surface area contributed by atoms with E-state index in [9.17, 15) is 42.6 Å². The number of carbonyl (C=O) groups is 4. The van der Waals surface area contributed by atoms with Crippen LogP contribution in [0.5, 0.6) is 0 Å². The number of carbonyl (C=O) groups excluding carboxylic acids is 2. The Hall–Kier alpha value is -3.93. The van der Waals surface area contributed by atoms with Gasteiger partial charge in [0.25, 0.3) is 5.91 Å². The van der Waals surface area contributed by atoms with Gasteiger partial charge in [-0.3, -0.25) is 9.59 Å². The second-order valence-electron chi connectivity index (χ2n) is 9.59. The topological polar surface area (TPSA) is 141 Å². The predicted molar refractivity (Wildman–Crippen MR) is 129 cm³/mol. The van der Waals surface area contributed by atoms with Gasteiger partial charge in [0, 0.05) is 43.7 Å². The van der Waals surface area contributed by atoms with Crippen molar-refractivity contribution < 1.29 is 42.6 Å². The molecule has 2 aromatic rings. The molecule has 3 rings (SSSR count). The smallest absolute Gasteiger partial charge is 0.335 e. The molecule has 12 heteroatoms. The first-order chi connectivity index (χ1) is 17.8. The highest BCUT2D eigenvalue weighted by Crippen LogP contribution is 2.23. The zero-order chi connectivity index (χ0) is 28.3. The number of hydrogen-bond donors (Lipinski definition) is 3. The number of piperazine rings is 1.